The molecule has 1 aliphatic heterocycles. The molecule has 1 fully saturated rings. The summed E-state index contributed by atoms with van der Waals surface area (Å²) >= 11 is 1.73. The number of nitrogens with one attached hydrogen (secondary N) is 1. The number of hydrogen-bond acceptors (Lipinski definition) is 6. The van der Waals surface area contributed by atoms with Gasteiger partial charge in [0.2, 0.25) is 0 Å². The number of aromatic nitrogens is 1. The normalized spacial score (nSPS) is 14.0. The van der Waals surface area contributed by atoms with Gasteiger partial charge in [0.05, 0.1) is 24.4 Å². The zero-order valence-corrected chi connectivity index (χ0v) is 19.0. The minimum absolute atomic E-state index is 0.0491. The van der Waals surface area contributed by atoms with E-state index in [0.29, 0.717) is 31.1 Å². The van der Waals surface area contributed by atoms with Gasteiger partial charge in [-0.1, -0.05) is 36.5 Å². The van der Waals surface area contributed by atoms with E-state index in [1.165, 1.54) is 10.3 Å². The quantitative estimate of drug-likeness (QED) is 0.630. The van der Waals surface area contributed by atoms with Crippen LogP contribution in [0.15, 0.2) is 36.4 Å². The molecule has 2 heterocycles. The number of hydrogen-bond donors (Lipinski definition) is 1. The molecular formula is C23H28N4O3S. The Labute approximate surface area is 186 Å². The number of aryl methyl sites for hydroxylation is 1. The van der Waals surface area contributed by atoms with Crippen LogP contribution in [-0.2, 0) is 13.0 Å². The number of carbonyl (C=O) groups is 1. The molecule has 31 heavy (non-hydrogen) atoms. The predicted molar refractivity (Wildman–Crippen MR) is 125 cm³/mol. The number of thiazole rings is 1. The van der Waals surface area contributed by atoms with Crippen molar-refractivity contribution in [3.63, 3.8) is 0 Å². The molecule has 8 heteroatoms. The van der Waals surface area contributed by atoms with E-state index in [2.05, 4.69) is 35.3 Å². The number of amides is 2. The van der Waals surface area contributed by atoms with Gasteiger partial charge in [0, 0.05) is 32.7 Å². The van der Waals surface area contributed by atoms with Crippen LogP contribution in [0.2, 0.25) is 0 Å². The molecular weight excluding hydrogens is 412 g/mol. The van der Waals surface area contributed by atoms with Gasteiger partial charge in [-0.2, -0.15) is 0 Å². The lowest BCUT2D eigenvalue weighted by Gasteiger charge is -2.34. The first-order valence-electron chi connectivity index (χ1n) is 10.5. The van der Waals surface area contributed by atoms with Crippen LogP contribution in [0, 0.1) is 0 Å². The van der Waals surface area contributed by atoms with Crippen molar-refractivity contribution in [1.82, 2.24) is 15.2 Å². The highest BCUT2D eigenvalue weighted by Crippen LogP contribution is 2.31. The Hall–Kier alpha value is -3.00. The molecule has 1 aromatic heterocycles. The summed E-state index contributed by atoms with van der Waals surface area (Å²) in [6, 6.07) is 12.0. The molecule has 2 amide bonds. The van der Waals surface area contributed by atoms with Gasteiger partial charge in [-0.25, -0.2) is 9.78 Å². The number of methoxy groups -OCH3 is 2. The molecule has 0 saturated carbocycles. The zero-order valence-electron chi connectivity index (χ0n) is 18.2. The number of piperazine rings is 1. The molecule has 0 radical (unpaired) electrons. The van der Waals surface area contributed by atoms with Crippen LogP contribution in [0.1, 0.15) is 18.1 Å². The molecule has 4 rings (SSSR count). The number of nitrogens with zero attached hydrogens (tertiary/aromatic N) is 3. The molecule has 1 N–H and O–H groups in total. The maximum atomic E-state index is 12.6. The predicted octanol–water partition coefficient (Wildman–Crippen LogP) is 3.91. The van der Waals surface area contributed by atoms with Gasteiger partial charge in [-0.3, -0.25) is 0 Å². The van der Waals surface area contributed by atoms with Crippen molar-refractivity contribution in [2.75, 3.05) is 45.3 Å². The van der Waals surface area contributed by atoms with Crippen molar-refractivity contribution < 1.29 is 14.3 Å². The van der Waals surface area contributed by atoms with Crippen LogP contribution in [0.5, 0.6) is 11.5 Å². The van der Waals surface area contributed by atoms with Gasteiger partial charge in [-0.05, 0) is 35.7 Å². The minimum Gasteiger partial charge on any atom is -0.493 e. The molecule has 0 bridgehead atoms. The van der Waals surface area contributed by atoms with Gasteiger partial charge >= 0.3 is 6.03 Å². The minimum atomic E-state index is -0.0491. The first kappa shape index (κ1) is 21.2. The zero-order chi connectivity index (χ0) is 21.8. The SMILES string of the molecule is CCc1cccc2sc(N3CCN(C(=O)NCc4ccc(OC)c(OC)c4)CC3)nc12. The summed E-state index contributed by atoms with van der Waals surface area (Å²) in [6.45, 7) is 5.52. The smallest absolute Gasteiger partial charge is 0.317 e. The van der Waals surface area contributed by atoms with Gasteiger partial charge in [0.15, 0.2) is 16.6 Å². The fourth-order valence-corrected chi connectivity index (χ4v) is 4.86. The highest BCUT2D eigenvalue weighted by molar-refractivity contribution is 7.22. The Bertz CT molecular complexity index is 1060. The number of carbonyl (C=O) groups excluding carboxylic acids is 1. The van der Waals surface area contributed by atoms with Crippen LogP contribution in [-0.4, -0.2) is 56.3 Å². The molecule has 0 unspecified atom stereocenters. The summed E-state index contributed by atoms with van der Waals surface area (Å²) in [6.07, 6.45) is 0.981. The third-order valence-electron chi connectivity index (χ3n) is 5.60. The summed E-state index contributed by atoms with van der Waals surface area (Å²) in [4.78, 5) is 21.7. The first-order chi connectivity index (χ1) is 15.1. The molecule has 2 aromatic carbocycles. The van der Waals surface area contributed by atoms with Crippen LogP contribution in [0.4, 0.5) is 9.93 Å². The fraction of sp³-hybridized carbons (Fsp3) is 0.391. The Balaban J connectivity index is 1.33. The Morgan fingerprint density at radius 2 is 1.87 bits per heavy atom. The fourth-order valence-electron chi connectivity index (χ4n) is 3.80. The summed E-state index contributed by atoms with van der Waals surface area (Å²) in [7, 11) is 3.21. The van der Waals surface area contributed by atoms with Crippen molar-refractivity contribution in [2.45, 2.75) is 19.9 Å². The highest BCUT2D eigenvalue weighted by Gasteiger charge is 2.23. The molecule has 1 saturated heterocycles. The second-order valence-corrected chi connectivity index (χ2v) is 8.45. The lowest BCUT2D eigenvalue weighted by Crippen LogP contribution is -2.51. The van der Waals surface area contributed by atoms with E-state index in [0.717, 1.165) is 35.7 Å². The maximum Gasteiger partial charge on any atom is 0.317 e. The number of fused-ring (bicyclic) bond motifs is 1. The van der Waals surface area contributed by atoms with E-state index in [4.69, 9.17) is 14.5 Å². The van der Waals surface area contributed by atoms with Gasteiger partial charge in [0.25, 0.3) is 0 Å². The molecule has 0 spiro atoms. The summed E-state index contributed by atoms with van der Waals surface area (Å²) < 4.78 is 11.8. The Morgan fingerprint density at radius 3 is 2.58 bits per heavy atom. The van der Waals surface area contributed by atoms with E-state index >= 15 is 0 Å². The first-order valence-corrected chi connectivity index (χ1v) is 11.3. The van der Waals surface area contributed by atoms with Crippen molar-refractivity contribution in [1.29, 1.82) is 0 Å². The number of anilines is 1. The largest absolute Gasteiger partial charge is 0.493 e. The average molecular weight is 441 g/mol. The van der Waals surface area contributed by atoms with Crippen LogP contribution in [0.3, 0.4) is 0 Å². The molecule has 0 aliphatic carbocycles. The molecule has 7 nitrogen and oxygen atoms in total. The Kier molecular flexibility index (Phi) is 6.46. The van der Waals surface area contributed by atoms with E-state index in [9.17, 15) is 4.79 Å². The second kappa shape index (κ2) is 9.43. The molecule has 164 valence electrons. The highest BCUT2D eigenvalue weighted by atomic mass is 32.1. The number of rotatable bonds is 6. The van der Waals surface area contributed by atoms with E-state index in [1.54, 1.807) is 25.6 Å². The number of ether oxygens (including phenoxy) is 2. The third kappa shape index (κ3) is 4.54. The van der Waals surface area contributed by atoms with E-state index < -0.39 is 0 Å². The standard InChI is InChI=1S/C23H28N4O3S/c1-4-17-6-5-7-20-21(17)25-23(31-20)27-12-10-26(11-13-27)22(28)24-15-16-8-9-18(29-2)19(14-16)30-3/h5-9,14H,4,10-13,15H2,1-3H3,(H,24,28). The van der Waals surface area contributed by atoms with Crippen molar-refractivity contribution in [2.24, 2.45) is 0 Å². The van der Waals surface area contributed by atoms with E-state index in [1.807, 2.05) is 23.1 Å². The van der Waals surface area contributed by atoms with Crippen molar-refractivity contribution in [3.05, 3.63) is 47.5 Å². The number of para-hydroxylation sites is 1. The second-order valence-electron chi connectivity index (χ2n) is 7.44. The van der Waals surface area contributed by atoms with Gasteiger partial charge < -0.3 is 24.6 Å². The lowest BCUT2D eigenvalue weighted by atomic mass is 10.1. The Morgan fingerprint density at radius 1 is 1.10 bits per heavy atom. The average Bonchev–Trinajstić information content (AvgIpc) is 3.27. The maximum absolute atomic E-state index is 12.6. The molecule has 0 atom stereocenters. The van der Waals surface area contributed by atoms with Crippen LogP contribution >= 0.6 is 11.3 Å². The third-order valence-corrected chi connectivity index (χ3v) is 6.68. The number of benzene rings is 2. The van der Waals surface area contributed by atoms with E-state index in [-0.39, 0.29) is 6.03 Å². The van der Waals surface area contributed by atoms with Crippen LogP contribution < -0.4 is 19.7 Å². The molecule has 1 aliphatic rings. The monoisotopic (exact) mass is 440 g/mol. The van der Waals surface area contributed by atoms with Gasteiger partial charge in [-0.15, -0.1) is 0 Å². The van der Waals surface area contributed by atoms with Crippen molar-refractivity contribution in [3.8, 4) is 11.5 Å². The molecule has 3 aromatic rings. The summed E-state index contributed by atoms with van der Waals surface area (Å²) in [5.74, 6) is 1.33. The lowest BCUT2D eigenvalue weighted by molar-refractivity contribution is 0.194. The number of urea groups is 1. The van der Waals surface area contributed by atoms with Crippen LogP contribution in [0.25, 0.3) is 10.2 Å². The van der Waals surface area contributed by atoms with Gasteiger partial charge in [0.1, 0.15) is 0 Å². The summed E-state index contributed by atoms with van der Waals surface area (Å²) in [5.41, 5.74) is 3.36. The topological polar surface area (TPSA) is 66.9 Å². The van der Waals surface area contributed by atoms with Crippen molar-refractivity contribution >= 4 is 32.7 Å². The summed E-state index contributed by atoms with van der Waals surface area (Å²) in [5, 5.41) is 4.05.